The van der Waals surface area contributed by atoms with Gasteiger partial charge in [-0.15, -0.1) is 0 Å². The number of anilines is 1. The van der Waals surface area contributed by atoms with Crippen molar-refractivity contribution in [3.8, 4) is 0 Å². The normalized spacial score (nSPS) is 16.6. The molecule has 1 aromatic heterocycles. The van der Waals surface area contributed by atoms with Crippen molar-refractivity contribution < 1.29 is 9.18 Å². The Bertz CT molecular complexity index is 843. The first-order valence-electron chi connectivity index (χ1n) is 9.54. The molecule has 0 aliphatic heterocycles. The summed E-state index contributed by atoms with van der Waals surface area (Å²) in [7, 11) is 1.68. The number of fused-ring (bicyclic) bond motifs is 1. The molecule has 0 spiro atoms. The lowest BCUT2D eigenvalue weighted by Gasteiger charge is -2.24. The maximum Gasteiger partial charge on any atom is 0.243 e. The Hall–Kier alpha value is -2.90. The summed E-state index contributed by atoms with van der Waals surface area (Å²) < 4.78 is 14.9. The lowest BCUT2D eigenvalue weighted by Crippen LogP contribution is -2.47. The van der Waals surface area contributed by atoms with Gasteiger partial charge in [0.2, 0.25) is 5.91 Å². The van der Waals surface area contributed by atoms with Gasteiger partial charge in [0.15, 0.2) is 5.96 Å². The Balaban J connectivity index is 1.49. The minimum absolute atomic E-state index is 0.0665. The summed E-state index contributed by atoms with van der Waals surface area (Å²) in [5.74, 6) is 0.0109. The molecule has 8 heteroatoms. The number of nitrogens with one attached hydrogen (secondary N) is 3. The summed E-state index contributed by atoms with van der Waals surface area (Å²) in [6.45, 7) is 4.31. The van der Waals surface area contributed by atoms with Crippen LogP contribution in [0.4, 0.5) is 10.1 Å². The molecule has 7 nitrogen and oxygen atoms in total. The van der Waals surface area contributed by atoms with Crippen LogP contribution in [0.25, 0.3) is 0 Å². The number of hydrogen-bond donors (Lipinski definition) is 3. The zero-order valence-electron chi connectivity index (χ0n) is 16.5. The van der Waals surface area contributed by atoms with Crippen molar-refractivity contribution in [2.45, 2.75) is 45.2 Å². The smallest absolute Gasteiger partial charge is 0.243 e. The Morgan fingerprint density at radius 2 is 2.11 bits per heavy atom. The number of aryl methyl sites for hydroxylation is 1. The van der Waals surface area contributed by atoms with Crippen LogP contribution in [0.2, 0.25) is 0 Å². The van der Waals surface area contributed by atoms with Gasteiger partial charge >= 0.3 is 0 Å². The molecule has 0 saturated carbocycles. The molecule has 1 amide bonds. The molecule has 1 unspecified atom stereocenters. The number of benzene rings is 1. The molecule has 150 valence electrons. The van der Waals surface area contributed by atoms with Crippen molar-refractivity contribution in [3.63, 3.8) is 0 Å². The molecule has 28 heavy (non-hydrogen) atoms. The summed E-state index contributed by atoms with van der Waals surface area (Å²) in [4.78, 5) is 16.3. The predicted octanol–water partition coefficient (Wildman–Crippen LogP) is 2.26. The summed E-state index contributed by atoms with van der Waals surface area (Å²) in [6.07, 6.45) is 4.93. The largest absolute Gasteiger partial charge is 0.353 e. The minimum atomic E-state index is -0.338. The van der Waals surface area contributed by atoms with Crippen LogP contribution in [0.15, 0.2) is 35.5 Å². The molecular weight excluding hydrogens is 359 g/mol. The fraction of sp³-hybridized carbons (Fsp3) is 0.450. The van der Waals surface area contributed by atoms with Crippen molar-refractivity contribution in [2.24, 2.45) is 4.99 Å². The van der Waals surface area contributed by atoms with E-state index >= 15 is 0 Å². The van der Waals surface area contributed by atoms with Gasteiger partial charge in [-0.25, -0.2) is 4.39 Å². The molecule has 1 atom stereocenters. The van der Waals surface area contributed by atoms with E-state index in [1.165, 1.54) is 29.8 Å². The fourth-order valence-corrected chi connectivity index (χ4v) is 3.19. The third-order valence-electron chi connectivity index (χ3n) is 4.73. The van der Waals surface area contributed by atoms with Crippen LogP contribution < -0.4 is 16.0 Å². The summed E-state index contributed by atoms with van der Waals surface area (Å²) in [6, 6.07) is 6.23. The van der Waals surface area contributed by atoms with Crippen LogP contribution in [0.3, 0.4) is 0 Å². The fourth-order valence-electron chi connectivity index (χ4n) is 3.19. The van der Waals surface area contributed by atoms with Gasteiger partial charge in [-0.2, -0.15) is 5.10 Å². The number of rotatable bonds is 5. The van der Waals surface area contributed by atoms with Gasteiger partial charge in [-0.3, -0.25) is 14.5 Å². The summed E-state index contributed by atoms with van der Waals surface area (Å²) in [5.41, 5.74) is 2.99. The third kappa shape index (κ3) is 5.09. The van der Waals surface area contributed by atoms with Gasteiger partial charge in [-0.1, -0.05) is 0 Å². The SMILES string of the molecule is CN=C(NCC(=O)Nc1ccc(F)cc1)NC1CCc2cn(C(C)C)nc2C1. The lowest BCUT2D eigenvalue weighted by molar-refractivity contribution is -0.115. The first-order chi connectivity index (χ1) is 13.4. The van der Waals surface area contributed by atoms with E-state index in [1.807, 2.05) is 4.68 Å². The van der Waals surface area contributed by atoms with Crippen molar-refractivity contribution in [3.05, 3.63) is 47.5 Å². The predicted molar refractivity (Wildman–Crippen MR) is 108 cm³/mol. The van der Waals surface area contributed by atoms with Crippen molar-refractivity contribution in [2.75, 3.05) is 18.9 Å². The summed E-state index contributed by atoms with van der Waals surface area (Å²) in [5, 5.41) is 13.8. The molecule has 1 aliphatic carbocycles. The van der Waals surface area contributed by atoms with Crippen molar-refractivity contribution in [1.29, 1.82) is 0 Å². The highest BCUT2D eigenvalue weighted by molar-refractivity contribution is 5.95. The number of hydrogen-bond acceptors (Lipinski definition) is 3. The topological polar surface area (TPSA) is 83.3 Å². The molecule has 3 N–H and O–H groups in total. The highest BCUT2D eigenvalue weighted by Crippen LogP contribution is 2.21. The van der Waals surface area contributed by atoms with Crippen LogP contribution in [0.1, 0.15) is 37.6 Å². The zero-order chi connectivity index (χ0) is 20.1. The number of aromatic nitrogens is 2. The molecular formula is C20H27FN6O. The quantitative estimate of drug-likeness (QED) is 0.544. The molecule has 1 heterocycles. The van der Waals surface area contributed by atoms with Crippen LogP contribution >= 0.6 is 0 Å². The summed E-state index contributed by atoms with van der Waals surface area (Å²) >= 11 is 0. The van der Waals surface area contributed by atoms with Crippen LogP contribution in [0, 0.1) is 5.82 Å². The Morgan fingerprint density at radius 3 is 2.79 bits per heavy atom. The number of halogens is 1. The van der Waals surface area contributed by atoms with E-state index in [0.717, 1.165) is 25.0 Å². The minimum Gasteiger partial charge on any atom is -0.353 e. The third-order valence-corrected chi connectivity index (χ3v) is 4.73. The highest BCUT2D eigenvalue weighted by Gasteiger charge is 2.23. The maximum absolute atomic E-state index is 12.9. The number of amides is 1. The molecule has 0 bridgehead atoms. The van der Waals surface area contributed by atoms with Gasteiger partial charge in [0, 0.05) is 37.4 Å². The Kier molecular flexibility index (Phi) is 6.28. The van der Waals surface area contributed by atoms with Crippen molar-refractivity contribution in [1.82, 2.24) is 20.4 Å². The van der Waals surface area contributed by atoms with E-state index in [-0.39, 0.29) is 24.3 Å². The standard InChI is InChI=1S/C20H27FN6O/c1-13(2)27-12-14-4-7-17(10-18(14)26-27)25-20(22-3)23-11-19(28)24-16-8-5-15(21)6-9-16/h5-6,8-9,12-13,17H,4,7,10-11H2,1-3H3,(H,24,28)(H2,22,23,25). The van der Waals surface area contributed by atoms with Gasteiger partial charge < -0.3 is 16.0 Å². The van der Waals surface area contributed by atoms with E-state index < -0.39 is 0 Å². The van der Waals surface area contributed by atoms with E-state index in [4.69, 9.17) is 0 Å². The first kappa shape index (κ1) is 19.9. The Morgan fingerprint density at radius 1 is 1.36 bits per heavy atom. The lowest BCUT2D eigenvalue weighted by atomic mass is 9.94. The van der Waals surface area contributed by atoms with Crippen LogP contribution in [-0.2, 0) is 17.6 Å². The van der Waals surface area contributed by atoms with E-state index in [0.29, 0.717) is 17.7 Å². The van der Waals surface area contributed by atoms with E-state index in [1.54, 1.807) is 7.05 Å². The molecule has 1 aliphatic rings. The number of aliphatic imine (C=N–C) groups is 1. The van der Waals surface area contributed by atoms with Gasteiger partial charge in [0.05, 0.1) is 12.2 Å². The monoisotopic (exact) mass is 386 g/mol. The van der Waals surface area contributed by atoms with Crippen LogP contribution in [0.5, 0.6) is 0 Å². The molecule has 0 radical (unpaired) electrons. The van der Waals surface area contributed by atoms with Gasteiger partial charge in [0.1, 0.15) is 5.82 Å². The van der Waals surface area contributed by atoms with E-state index in [9.17, 15) is 9.18 Å². The number of carbonyl (C=O) groups is 1. The number of nitrogens with zero attached hydrogens (tertiary/aromatic N) is 3. The second-order valence-electron chi connectivity index (χ2n) is 7.24. The zero-order valence-corrected chi connectivity index (χ0v) is 16.5. The molecule has 0 fully saturated rings. The van der Waals surface area contributed by atoms with Crippen LogP contribution in [-0.4, -0.2) is 41.3 Å². The first-order valence-corrected chi connectivity index (χ1v) is 9.54. The molecule has 0 saturated heterocycles. The second kappa shape index (κ2) is 8.86. The van der Waals surface area contributed by atoms with Crippen molar-refractivity contribution >= 4 is 17.6 Å². The second-order valence-corrected chi connectivity index (χ2v) is 7.24. The van der Waals surface area contributed by atoms with Gasteiger partial charge in [0.25, 0.3) is 0 Å². The highest BCUT2D eigenvalue weighted by atomic mass is 19.1. The Labute approximate surface area is 164 Å². The van der Waals surface area contributed by atoms with E-state index in [2.05, 4.69) is 46.1 Å². The maximum atomic E-state index is 12.9. The van der Waals surface area contributed by atoms with Gasteiger partial charge in [-0.05, 0) is 56.5 Å². The number of guanidine groups is 1. The number of carbonyl (C=O) groups excluding carboxylic acids is 1. The molecule has 3 rings (SSSR count). The molecule has 2 aromatic rings. The average molecular weight is 386 g/mol. The molecule has 1 aromatic carbocycles. The average Bonchev–Trinajstić information content (AvgIpc) is 3.10.